The summed E-state index contributed by atoms with van der Waals surface area (Å²) < 4.78 is 1.70. The first kappa shape index (κ1) is 16.8. The number of tetrazole rings is 1. The lowest BCUT2D eigenvalue weighted by molar-refractivity contribution is 0.567. The van der Waals surface area contributed by atoms with Crippen LogP contribution in [0.25, 0.3) is 10.6 Å². The summed E-state index contributed by atoms with van der Waals surface area (Å²) in [5, 5.41) is 24.0. The van der Waals surface area contributed by atoms with E-state index in [0.29, 0.717) is 17.6 Å². The van der Waals surface area contributed by atoms with Crippen LogP contribution < -0.4 is 10.9 Å². The van der Waals surface area contributed by atoms with Crippen molar-refractivity contribution in [2.75, 3.05) is 5.32 Å². The summed E-state index contributed by atoms with van der Waals surface area (Å²) >= 11 is 1.57. The van der Waals surface area contributed by atoms with Crippen LogP contribution in [0.15, 0.2) is 46.6 Å². The molecule has 2 N–H and O–H groups in total. The van der Waals surface area contributed by atoms with E-state index < -0.39 is 0 Å². The molecule has 4 heterocycles. The lowest BCUT2D eigenvalue weighted by atomic mass is 9.92. The molecule has 8 nitrogen and oxygen atoms in total. The van der Waals surface area contributed by atoms with Crippen molar-refractivity contribution < 1.29 is 0 Å². The molecule has 0 unspecified atom stereocenters. The van der Waals surface area contributed by atoms with E-state index in [4.69, 9.17) is 0 Å². The number of hydrogen-bond acceptors (Lipinski definition) is 7. The van der Waals surface area contributed by atoms with Gasteiger partial charge in [0.1, 0.15) is 17.4 Å². The van der Waals surface area contributed by atoms with Crippen LogP contribution in [0, 0.1) is 0 Å². The van der Waals surface area contributed by atoms with Crippen LogP contribution in [0.4, 0.5) is 11.6 Å². The van der Waals surface area contributed by atoms with Crippen molar-refractivity contribution >= 4 is 23.0 Å². The molecular formula is C19H17N7OS. The molecule has 0 amide bonds. The van der Waals surface area contributed by atoms with Gasteiger partial charge in [0, 0.05) is 5.56 Å². The number of fused-ring (bicyclic) bond motifs is 2. The number of aromatic amines is 1. The lowest BCUT2D eigenvalue weighted by Crippen LogP contribution is -2.29. The molecule has 0 bridgehead atoms. The third-order valence-electron chi connectivity index (χ3n) is 4.94. The van der Waals surface area contributed by atoms with Crippen LogP contribution in [0.1, 0.15) is 42.5 Å². The zero-order valence-corrected chi connectivity index (χ0v) is 16.1. The minimum atomic E-state index is -0.352. The number of anilines is 2. The molecule has 0 fully saturated rings. The Morgan fingerprint density at radius 2 is 2.00 bits per heavy atom. The monoisotopic (exact) mass is 391 g/mol. The van der Waals surface area contributed by atoms with Crippen molar-refractivity contribution in [2.24, 2.45) is 0 Å². The minimum Gasteiger partial charge on any atom is -0.318 e. The molecule has 4 aromatic rings. The maximum absolute atomic E-state index is 12.6. The molecule has 1 aliphatic rings. The number of H-pyrrole nitrogens is 1. The highest BCUT2D eigenvalue weighted by atomic mass is 32.1. The maximum atomic E-state index is 12.6. The Kier molecular flexibility index (Phi) is 3.83. The van der Waals surface area contributed by atoms with Gasteiger partial charge >= 0.3 is 0 Å². The molecule has 28 heavy (non-hydrogen) atoms. The van der Waals surface area contributed by atoms with Crippen molar-refractivity contribution in [1.82, 2.24) is 30.4 Å². The van der Waals surface area contributed by atoms with Crippen LogP contribution in [-0.2, 0) is 0 Å². The van der Waals surface area contributed by atoms with Crippen molar-refractivity contribution in [1.29, 1.82) is 0 Å². The van der Waals surface area contributed by atoms with Crippen molar-refractivity contribution in [3.05, 3.63) is 68.8 Å². The van der Waals surface area contributed by atoms with Gasteiger partial charge < -0.3 is 5.32 Å². The van der Waals surface area contributed by atoms with E-state index in [2.05, 4.69) is 69.2 Å². The topological polar surface area (TPSA) is 101 Å². The summed E-state index contributed by atoms with van der Waals surface area (Å²) in [5.41, 5.74) is 3.86. The van der Waals surface area contributed by atoms with Crippen LogP contribution in [0.3, 0.4) is 0 Å². The summed E-state index contributed by atoms with van der Waals surface area (Å²) in [7, 11) is 0. The second-order valence-corrected chi connectivity index (χ2v) is 7.91. The van der Waals surface area contributed by atoms with Gasteiger partial charge in [-0.1, -0.05) is 49.3 Å². The van der Waals surface area contributed by atoms with Crippen molar-refractivity contribution in [3.8, 4) is 10.6 Å². The number of rotatable bonds is 3. The van der Waals surface area contributed by atoms with Crippen molar-refractivity contribution in [3.63, 3.8) is 0 Å². The summed E-state index contributed by atoms with van der Waals surface area (Å²) in [5.74, 6) is 0.864. The predicted molar refractivity (Wildman–Crippen MR) is 107 cm³/mol. The maximum Gasteiger partial charge on any atom is 0.288 e. The summed E-state index contributed by atoms with van der Waals surface area (Å²) in [4.78, 5) is 13.5. The van der Waals surface area contributed by atoms with Gasteiger partial charge in [0.2, 0.25) is 5.95 Å². The second-order valence-electron chi connectivity index (χ2n) is 6.96. The van der Waals surface area contributed by atoms with Crippen LogP contribution in [0.2, 0.25) is 0 Å². The minimum absolute atomic E-state index is 0.298. The highest BCUT2D eigenvalue weighted by Gasteiger charge is 2.34. The Morgan fingerprint density at radius 1 is 1.18 bits per heavy atom. The third kappa shape index (κ3) is 2.55. The molecular weight excluding hydrogens is 374 g/mol. The highest BCUT2D eigenvalue weighted by molar-refractivity contribution is 7.13. The Bertz CT molecular complexity index is 1190. The number of aromatic nitrogens is 6. The van der Waals surface area contributed by atoms with E-state index in [1.807, 2.05) is 17.5 Å². The SMILES string of the molecule is CC(C)c1ccc([C@H]2c3c(-c4cccs4)n[nH]c(=O)c3Nc3nnnn32)cc1. The number of nitrogens with zero attached hydrogens (tertiary/aromatic N) is 5. The van der Waals surface area contributed by atoms with Gasteiger partial charge in [-0.2, -0.15) is 9.78 Å². The molecule has 0 radical (unpaired) electrons. The average molecular weight is 391 g/mol. The molecule has 1 atom stereocenters. The Hall–Kier alpha value is -3.33. The largest absolute Gasteiger partial charge is 0.318 e. The number of hydrogen-bond donors (Lipinski definition) is 2. The highest BCUT2D eigenvalue weighted by Crippen LogP contribution is 2.42. The normalized spacial score (nSPS) is 15.2. The van der Waals surface area contributed by atoms with E-state index in [1.54, 1.807) is 16.0 Å². The molecule has 140 valence electrons. The first-order chi connectivity index (χ1) is 13.6. The van der Waals surface area contributed by atoms with Gasteiger partial charge in [-0.3, -0.25) is 4.79 Å². The standard InChI is InChI=1S/C19H17N7OS/c1-10(2)11-5-7-12(8-6-11)17-14-15(13-4-3-9-28-13)21-22-18(27)16(14)20-19-23-24-25-26(17)19/h3-10,17H,1-2H3,(H,22,27)(H,20,23,25)/t17-/m0/s1. The van der Waals surface area contributed by atoms with Crippen LogP contribution in [-0.4, -0.2) is 30.4 Å². The molecule has 9 heteroatoms. The zero-order chi connectivity index (χ0) is 19.3. The Labute approximate surface area is 164 Å². The molecule has 0 saturated carbocycles. The predicted octanol–water partition coefficient (Wildman–Crippen LogP) is 3.30. The Balaban J connectivity index is 1.77. The molecule has 3 aromatic heterocycles. The first-order valence-corrected chi connectivity index (χ1v) is 9.82. The zero-order valence-electron chi connectivity index (χ0n) is 15.2. The number of nitrogens with one attached hydrogen (secondary N) is 2. The molecule has 0 saturated heterocycles. The van der Waals surface area contributed by atoms with Gasteiger partial charge in [-0.25, -0.2) is 5.10 Å². The summed E-state index contributed by atoms with van der Waals surface area (Å²) in [6.07, 6.45) is 0. The van der Waals surface area contributed by atoms with Gasteiger partial charge in [0.15, 0.2) is 0 Å². The Morgan fingerprint density at radius 3 is 2.71 bits per heavy atom. The van der Waals surface area contributed by atoms with E-state index in [9.17, 15) is 4.79 Å². The smallest absolute Gasteiger partial charge is 0.288 e. The number of thiophene rings is 1. The van der Waals surface area contributed by atoms with Gasteiger partial charge in [0.25, 0.3) is 5.56 Å². The lowest BCUT2D eigenvalue weighted by Gasteiger charge is -2.27. The molecule has 0 spiro atoms. The van der Waals surface area contributed by atoms with Gasteiger partial charge in [-0.15, -0.1) is 11.3 Å². The fourth-order valence-electron chi connectivity index (χ4n) is 3.51. The fraction of sp³-hybridized carbons (Fsp3) is 0.211. The van der Waals surface area contributed by atoms with Crippen LogP contribution in [0.5, 0.6) is 0 Å². The first-order valence-electron chi connectivity index (χ1n) is 8.94. The third-order valence-corrected chi connectivity index (χ3v) is 5.82. The second kappa shape index (κ2) is 6.38. The molecule has 5 rings (SSSR count). The van der Waals surface area contributed by atoms with E-state index >= 15 is 0 Å². The van der Waals surface area contributed by atoms with E-state index in [0.717, 1.165) is 21.7 Å². The molecule has 1 aliphatic heterocycles. The van der Waals surface area contributed by atoms with E-state index in [1.165, 1.54) is 5.56 Å². The fourth-order valence-corrected chi connectivity index (χ4v) is 4.24. The number of benzene rings is 1. The van der Waals surface area contributed by atoms with Gasteiger partial charge in [0.05, 0.1) is 4.88 Å². The molecule has 1 aromatic carbocycles. The quantitative estimate of drug-likeness (QED) is 0.489. The van der Waals surface area contributed by atoms with Crippen LogP contribution >= 0.6 is 11.3 Å². The van der Waals surface area contributed by atoms with Crippen molar-refractivity contribution in [2.45, 2.75) is 25.8 Å². The van der Waals surface area contributed by atoms with Gasteiger partial charge in [-0.05, 0) is 38.9 Å². The molecule has 0 aliphatic carbocycles. The average Bonchev–Trinajstić information content (AvgIpc) is 3.39. The summed E-state index contributed by atoms with van der Waals surface area (Å²) in [6.45, 7) is 4.32. The summed E-state index contributed by atoms with van der Waals surface area (Å²) in [6, 6.07) is 12.0. The van der Waals surface area contributed by atoms with E-state index in [-0.39, 0.29) is 11.6 Å².